The van der Waals surface area contributed by atoms with Crippen molar-refractivity contribution in [1.82, 2.24) is 24.6 Å². The summed E-state index contributed by atoms with van der Waals surface area (Å²) in [4.78, 5) is 8.96. The SMILES string of the molecule is Cn1c(CN2CCN(c3ccncc3)CC2)nnc1C1CC(N)C1. The van der Waals surface area contributed by atoms with Crippen LogP contribution in [0.1, 0.15) is 30.4 Å². The highest BCUT2D eigenvalue weighted by Gasteiger charge is 2.31. The smallest absolute Gasteiger partial charge is 0.146 e. The molecule has 2 fully saturated rings. The van der Waals surface area contributed by atoms with Crippen LogP contribution in [0, 0.1) is 0 Å². The molecule has 4 rings (SSSR count). The summed E-state index contributed by atoms with van der Waals surface area (Å²) < 4.78 is 2.17. The molecule has 0 unspecified atom stereocenters. The molecule has 24 heavy (non-hydrogen) atoms. The first-order chi connectivity index (χ1) is 11.7. The Kier molecular flexibility index (Phi) is 4.20. The van der Waals surface area contributed by atoms with Crippen LogP contribution in [0.15, 0.2) is 24.5 Å². The van der Waals surface area contributed by atoms with E-state index in [0.717, 1.165) is 57.2 Å². The fourth-order valence-electron chi connectivity index (χ4n) is 3.66. The highest BCUT2D eigenvalue weighted by Crippen LogP contribution is 2.34. The van der Waals surface area contributed by atoms with Gasteiger partial charge in [0.05, 0.1) is 6.54 Å². The normalized spacial score (nSPS) is 24.8. The molecule has 1 saturated carbocycles. The lowest BCUT2D eigenvalue weighted by Gasteiger charge is -2.35. The van der Waals surface area contributed by atoms with E-state index in [-0.39, 0.29) is 0 Å². The number of nitrogens with zero attached hydrogens (tertiary/aromatic N) is 6. The minimum Gasteiger partial charge on any atom is -0.369 e. The Labute approximate surface area is 142 Å². The molecule has 0 spiro atoms. The number of nitrogens with two attached hydrogens (primary N) is 1. The first kappa shape index (κ1) is 15.5. The van der Waals surface area contributed by atoms with E-state index in [0.29, 0.717) is 12.0 Å². The van der Waals surface area contributed by atoms with Gasteiger partial charge in [-0.15, -0.1) is 10.2 Å². The number of rotatable bonds is 4. The molecule has 1 aliphatic carbocycles. The van der Waals surface area contributed by atoms with E-state index >= 15 is 0 Å². The number of pyridine rings is 1. The van der Waals surface area contributed by atoms with Gasteiger partial charge in [0.1, 0.15) is 11.6 Å². The molecule has 2 aliphatic rings. The molecular formula is C17H25N7. The summed E-state index contributed by atoms with van der Waals surface area (Å²) in [5.74, 6) is 2.65. The maximum Gasteiger partial charge on any atom is 0.146 e. The molecule has 7 nitrogen and oxygen atoms in total. The number of piperazine rings is 1. The number of aromatic nitrogens is 4. The minimum absolute atomic E-state index is 0.344. The van der Waals surface area contributed by atoms with Crippen molar-refractivity contribution in [3.63, 3.8) is 0 Å². The third kappa shape index (κ3) is 3.01. The standard InChI is InChI=1S/C17H25N7/c1-22-16(20-21-17(22)13-10-14(18)11-13)12-23-6-8-24(9-7-23)15-2-4-19-5-3-15/h2-5,13-14H,6-12,18H2,1H3. The summed E-state index contributed by atoms with van der Waals surface area (Å²) in [6, 6.07) is 4.50. The van der Waals surface area contributed by atoms with Crippen molar-refractivity contribution in [2.75, 3.05) is 31.1 Å². The Hall–Kier alpha value is -1.99. The number of hydrogen-bond donors (Lipinski definition) is 1. The number of hydrogen-bond acceptors (Lipinski definition) is 6. The monoisotopic (exact) mass is 327 g/mol. The average molecular weight is 327 g/mol. The van der Waals surface area contributed by atoms with E-state index < -0.39 is 0 Å². The van der Waals surface area contributed by atoms with Crippen LogP contribution in [-0.2, 0) is 13.6 Å². The molecule has 2 aromatic heterocycles. The van der Waals surface area contributed by atoms with E-state index in [9.17, 15) is 0 Å². The average Bonchev–Trinajstić information content (AvgIpc) is 2.94. The maximum atomic E-state index is 5.90. The first-order valence-corrected chi connectivity index (χ1v) is 8.72. The lowest BCUT2D eigenvalue weighted by molar-refractivity contribution is 0.240. The quantitative estimate of drug-likeness (QED) is 0.892. The van der Waals surface area contributed by atoms with E-state index in [1.807, 2.05) is 12.4 Å². The zero-order chi connectivity index (χ0) is 16.5. The van der Waals surface area contributed by atoms with Gasteiger partial charge < -0.3 is 15.2 Å². The van der Waals surface area contributed by atoms with Crippen molar-refractivity contribution in [2.24, 2.45) is 12.8 Å². The van der Waals surface area contributed by atoms with Gasteiger partial charge in [-0.3, -0.25) is 9.88 Å². The molecule has 0 aromatic carbocycles. The van der Waals surface area contributed by atoms with E-state index in [1.54, 1.807) is 0 Å². The highest BCUT2D eigenvalue weighted by molar-refractivity contribution is 5.44. The van der Waals surface area contributed by atoms with Gasteiger partial charge in [0.15, 0.2) is 0 Å². The maximum absolute atomic E-state index is 5.90. The van der Waals surface area contributed by atoms with Crippen LogP contribution in [0.25, 0.3) is 0 Å². The lowest BCUT2D eigenvalue weighted by atomic mass is 9.80. The Bertz CT molecular complexity index is 670. The second-order valence-corrected chi connectivity index (χ2v) is 6.93. The van der Waals surface area contributed by atoms with Gasteiger partial charge in [-0.25, -0.2) is 0 Å². The summed E-state index contributed by atoms with van der Waals surface area (Å²) in [6.07, 6.45) is 5.79. The van der Waals surface area contributed by atoms with Crippen molar-refractivity contribution in [3.05, 3.63) is 36.2 Å². The molecule has 128 valence electrons. The molecule has 7 heteroatoms. The van der Waals surface area contributed by atoms with Gasteiger partial charge in [-0.2, -0.15) is 0 Å². The largest absolute Gasteiger partial charge is 0.369 e. The molecular weight excluding hydrogens is 302 g/mol. The predicted molar refractivity (Wildman–Crippen MR) is 92.7 cm³/mol. The molecule has 0 amide bonds. The second kappa shape index (κ2) is 6.49. The highest BCUT2D eigenvalue weighted by atomic mass is 15.3. The topological polar surface area (TPSA) is 76.1 Å². The third-order valence-electron chi connectivity index (χ3n) is 5.30. The van der Waals surface area contributed by atoms with Crippen molar-refractivity contribution >= 4 is 5.69 Å². The summed E-state index contributed by atoms with van der Waals surface area (Å²) >= 11 is 0. The Morgan fingerprint density at radius 3 is 2.46 bits per heavy atom. The van der Waals surface area contributed by atoms with Crippen LogP contribution in [0.3, 0.4) is 0 Å². The summed E-state index contributed by atoms with van der Waals surface area (Å²) in [5, 5.41) is 8.84. The van der Waals surface area contributed by atoms with E-state index in [2.05, 4.69) is 48.7 Å². The third-order valence-corrected chi connectivity index (χ3v) is 5.30. The van der Waals surface area contributed by atoms with Crippen molar-refractivity contribution in [3.8, 4) is 0 Å². The fourth-order valence-corrected chi connectivity index (χ4v) is 3.66. The Morgan fingerprint density at radius 1 is 1.08 bits per heavy atom. The van der Waals surface area contributed by atoms with E-state index in [4.69, 9.17) is 5.73 Å². The predicted octanol–water partition coefficient (Wildman–Crippen LogP) is 0.737. The van der Waals surface area contributed by atoms with Crippen molar-refractivity contribution in [2.45, 2.75) is 31.3 Å². The van der Waals surface area contributed by atoms with E-state index in [1.165, 1.54) is 5.69 Å². The number of anilines is 1. The van der Waals surface area contributed by atoms with Crippen LogP contribution in [0.4, 0.5) is 5.69 Å². The molecule has 2 N–H and O–H groups in total. The molecule has 1 aliphatic heterocycles. The first-order valence-electron chi connectivity index (χ1n) is 8.72. The lowest BCUT2D eigenvalue weighted by Crippen LogP contribution is -2.46. The summed E-state index contributed by atoms with van der Waals surface area (Å²) in [7, 11) is 2.09. The second-order valence-electron chi connectivity index (χ2n) is 6.93. The molecule has 0 atom stereocenters. The van der Waals surface area contributed by atoms with Crippen LogP contribution in [-0.4, -0.2) is 56.9 Å². The van der Waals surface area contributed by atoms with Gasteiger partial charge in [0, 0.05) is 63.3 Å². The Balaban J connectivity index is 1.34. The minimum atomic E-state index is 0.344. The molecule has 3 heterocycles. The molecule has 2 aromatic rings. The van der Waals surface area contributed by atoms with Gasteiger partial charge in [-0.05, 0) is 25.0 Å². The van der Waals surface area contributed by atoms with Crippen LogP contribution >= 0.6 is 0 Å². The van der Waals surface area contributed by atoms with Crippen LogP contribution in [0.2, 0.25) is 0 Å². The van der Waals surface area contributed by atoms with Crippen LogP contribution in [0.5, 0.6) is 0 Å². The fraction of sp³-hybridized carbons (Fsp3) is 0.588. The van der Waals surface area contributed by atoms with Gasteiger partial charge in [-0.1, -0.05) is 0 Å². The van der Waals surface area contributed by atoms with Gasteiger partial charge >= 0.3 is 0 Å². The zero-order valence-electron chi connectivity index (χ0n) is 14.2. The molecule has 1 saturated heterocycles. The van der Waals surface area contributed by atoms with Crippen molar-refractivity contribution in [1.29, 1.82) is 0 Å². The van der Waals surface area contributed by atoms with Crippen LogP contribution < -0.4 is 10.6 Å². The van der Waals surface area contributed by atoms with Gasteiger partial charge in [0.25, 0.3) is 0 Å². The summed E-state index contributed by atoms with van der Waals surface area (Å²) in [5.41, 5.74) is 7.16. The summed E-state index contributed by atoms with van der Waals surface area (Å²) in [6.45, 7) is 5.02. The zero-order valence-corrected chi connectivity index (χ0v) is 14.2. The molecule has 0 radical (unpaired) electrons. The van der Waals surface area contributed by atoms with Crippen molar-refractivity contribution < 1.29 is 0 Å². The molecule has 0 bridgehead atoms. The Morgan fingerprint density at radius 2 is 1.79 bits per heavy atom. The van der Waals surface area contributed by atoms with Gasteiger partial charge in [0.2, 0.25) is 0 Å².